The number of aromatic nitrogens is 2. The maximum Gasteiger partial charge on any atom is 0.328 e. The van der Waals surface area contributed by atoms with E-state index in [2.05, 4.69) is 20.6 Å². The molecule has 2 aliphatic rings. The van der Waals surface area contributed by atoms with Crippen LogP contribution < -0.4 is 21.1 Å². The van der Waals surface area contributed by atoms with Crippen LogP contribution in [-0.2, 0) is 10.0 Å². The van der Waals surface area contributed by atoms with Gasteiger partial charge in [-0.25, -0.2) is 22.9 Å². The molecule has 0 aromatic carbocycles. The smallest absolute Gasteiger partial charge is 0.328 e. The lowest BCUT2D eigenvalue weighted by Gasteiger charge is -2.24. The molecule has 9 nitrogen and oxygen atoms in total. The summed E-state index contributed by atoms with van der Waals surface area (Å²) >= 11 is 0. The van der Waals surface area contributed by atoms with Crippen molar-refractivity contribution in [1.82, 2.24) is 20.0 Å². The van der Waals surface area contributed by atoms with Crippen molar-refractivity contribution < 1.29 is 13.2 Å². The maximum atomic E-state index is 12.6. The number of anilines is 2. The summed E-state index contributed by atoms with van der Waals surface area (Å²) in [5.41, 5.74) is 5.63. The highest BCUT2D eigenvalue weighted by Crippen LogP contribution is 2.45. The third-order valence-corrected chi connectivity index (χ3v) is 6.10. The summed E-state index contributed by atoms with van der Waals surface area (Å²) in [6.07, 6.45) is 5.66. The van der Waals surface area contributed by atoms with Gasteiger partial charge in [0.05, 0.1) is 6.20 Å². The number of hydrogen-bond donors (Lipinski definition) is 4. The number of carbonyl (C=O) groups is 1. The van der Waals surface area contributed by atoms with E-state index in [0.717, 1.165) is 25.5 Å². The zero-order valence-electron chi connectivity index (χ0n) is 14.3. The third kappa shape index (κ3) is 3.94. The maximum absolute atomic E-state index is 12.6. The van der Waals surface area contributed by atoms with Gasteiger partial charge in [0, 0.05) is 12.1 Å². The van der Waals surface area contributed by atoms with Gasteiger partial charge in [-0.3, -0.25) is 0 Å². The van der Waals surface area contributed by atoms with Crippen molar-refractivity contribution >= 4 is 27.8 Å². The van der Waals surface area contributed by atoms with Gasteiger partial charge in [0.2, 0.25) is 5.95 Å². The van der Waals surface area contributed by atoms with Gasteiger partial charge in [0.15, 0.2) is 5.82 Å². The average Bonchev–Trinajstić information content (AvgIpc) is 3.07. The molecule has 5 N–H and O–H groups in total. The van der Waals surface area contributed by atoms with E-state index < -0.39 is 16.1 Å². The molecule has 3 atom stereocenters. The van der Waals surface area contributed by atoms with Crippen LogP contribution >= 0.6 is 0 Å². The topological polar surface area (TPSA) is 139 Å². The third-order valence-electron chi connectivity index (χ3n) is 4.77. The molecule has 0 radical (unpaired) electrons. The second kappa shape index (κ2) is 6.66. The predicted molar refractivity (Wildman–Crippen MR) is 93.3 cm³/mol. The van der Waals surface area contributed by atoms with Crippen LogP contribution in [-0.4, -0.2) is 36.5 Å². The van der Waals surface area contributed by atoms with Crippen LogP contribution in [0, 0.1) is 11.8 Å². The van der Waals surface area contributed by atoms with E-state index in [1.54, 1.807) is 13.8 Å². The van der Waals surface area contributed by atoms with Crippen molar-refractivity contribution in [2.45, 2.75) is 56.5 Å². The lowest BCUT2D eigenvalue weighted by atomic mass is 9.95. The van der Waals surface area contributed by atoms with Crippen molar-refractivity contribution in [3.8, 4) is 0 Å². The highest BCUT2D eigenvalue weighted by atomic mass is 32.2. The number of fused-ring (bicyclic) bond motifs is 2. The van der Waals surface area contributed by atoms with E-state index >= 15 is 0 Å². The fourth-order valence-corrected chi connectivity index (χ4v) is 4.71. The number of nitrogens with zero attached hydrogens (tertiary/aromatic N) is 2. The van der Waals surface area contributed by atoms with Crippen LogP contribution in [0.5, 0.6) is 0 Å². The lowest BCUT2D eigenvalue weighted by molar-refractivity contribution is 0.243. The minimum absolute atomic E-state index is 0.0174. The molecular formula is C15H24N6O3S. The number of carbonyl (C=O) groups excluding carboxylic acids is 1. The first kappa shape index (κ1) is 17.7. The Kier molecular flexibility index (Phi) is 4.72. The molecule has 1 aromatic rings. The monoisotopic (exact) mass is 368 g/mol. The fraction of sp³-hybridized carbons (Fsp3) is 0.667. The van der Waals surface area contributed by atoms with E-state index in [1.807, 2.05) is 4.72 Å². The molecule has 2 amide bonds. The van der Waals surface area contributed by atoms with Crippen LogP contribution in [0.25, 0.3) is 0 Å². The quantitative estimate of drug-likeness (QED) is 0.609. The van der Waals surface area contributed by atoms with Crippen molar-refractivity contribution in [3.05, 3.63) is 6.20 Å². The van der Waals surface area contributed by atoms with E-state index in [4.69, 9.17) is 5.73 Å². The SMILES string of the molecule is CC(C)NC(=O)NS(=O)(=O)c1cnc(N)nc1N[C@H]1C[C@H]2CC[C@@H]1C2. The van der Waals surface area contributed by atoms with Gasteiger partial charge in [0.25, 0.3) is 10.0 Å². The molecule has 1 heterocycles. The van der Waals surface area contributed by atoms with Crippen LogP contribution in [0.3, 0.4) is 0 Å². The molecule has 10 heteroatoms. The normalized spacial score (nSPS) is 25.2. The van der Waals surface area contributed by atoms with Crippen LogP contribution in [0.2, 0.25) is 0 Å². The molecular weight excluding hydrogens is 344 g/mol. The minimum Gasteiger partial charge on any atom is -0.368 e. The number of rotatable bonds is 5. The molecule has 2 saturated carbocycles. The van der Waals surface area contributed by atoms with Gasteiger partial charge in [0.1, 0.15) is 4.90 Å². The van der Waals surface area contributed by atoms with E-state index in [-0.39, 0.29) is 28.7 Å². The van der Waals surface area contributed by atoms with Crippen molar-refractivity contribution in [2.24, 2.45) is 11.8 Å². The summed E-state index contributed by atoms with van der Waals surface area (Å²) in [6.45, 7) is 3.47. The summed E-state index contributed by atoms with van der Waals surface area (Å²) in [7, 11) is -4.11. The van der Waals surface area contributed by atoms with Gasteiger partial charge in [-0.05, 0) is 44.9 Å². The van der Waals surface area contributed by atoms with Crippen molar-refractivity contribution in [3.63, 3.8) is 0 Å². The number of amides is 2. The second-order valence-electron chi connectivity index (χ2n) is 7.10. The minimum atomic E-state index is -4.11. The van der Waals surface area contributed by atoms with Gasteiger partial charge in [-0.2, -0.15) is 4.98 Å². The molecule has 2 bridgehead atoms. The number of urea groups is 1. The molecule has 0 unspecified atom stereocenters. The fourth-order valence-electron chi connectivity index (χ4n) is 3.75. The first-order valence-corrected chi connectivity index (χ1v) is 9.95. The number of nitrogen functional groups attached to an aromatic ring is 1. The summed E-state index contributed by atoms with van der Waals surface area (Å²) in [4.78, 5) is 19.4. The Bertz CT molecular complexity index is 767. The van der Waals surface area contributed by atoms with Crippen LogP contribution in [0.15, 0.2) is 11.1 Å². The predicted octanol–water partition coefficient (Wildman–Crippen LogP) is 1.06. The molecule has 25 heavy (non-hydrogen) atoms. The van der Waals surface area contributed by atoms with E-state index in [0.29, 0.717) is 11.8 Å². The zero-order valence-corrected chi connectivity index (χ0v) is 15.1. The Morgan fingerprint density at radius 3 is 2.68 bits per heavy atom. The summed E-state index contributed by atoms with van der Waals surface area (Å²) in [5.74, 6) is 1.34. The number of hydrogen-bond acceptors (Lipinski definition) is 7. The Labute approximate surface area is 147 Å². The second-order valence-corrected chi connectivity index (χ2v) is 8.75. The Hall–Kier alpha value is -2.10. The molecule has 0 aliphatic heterocycles. The average molecular weight is 368 g/mol. The first-order valence-electron chi connectivity index (χ1n) is 8.47. The standard InChI is InChI=1S/C15H24N6O3S/c1-8(2)18-15(22)21-25(23,24)12-7-17-14(16)20-13(12)19-11-6-9-3-4-10(11)5-9/h7-11H,3-6H2,1-2H3,(H2,18,21,22)(H3,16,17,19,20)/t9-,10+,11-/m0/s1. The molecule has 0 saturated heterocycles. The van der Waals surface area contributed by atoms with Gasteiger partial charge >= 0.3 is 6.03 Å². The first-order chi connectivity index (χ1) is 11.7. The van der Waals surface area contributed by atoms with E-state index in [9.17, 15) is 13.2 Å². The Morgan fingerprint density at radius 2 is 2.08 bits per heavy atom. The summed E-state index contributed by atoms with van der Waals surface area (Å²) in [6, 6.07) is -0.811. The largest absolute Gasteiger partial charge is 0.368 e. The number of nitrogens with two attached hydrogens (primary N) is 1. The number of nitrogens with one attached hydrogen (secondary N) is 3. The highest BCUT2D eigenvalue weighted by molar-refractivity contribution is 7.90. The van der Waals surface area contributed by atoms with Crippen molar-refractivity contribution in [2.75, 3.05) is 11.1 Å². The van der Waals surface area contributed by atoms with Crippen LogP contribution in [0.4, 0.5) is 16.6 Å². The zero-order chi connectivity index (χ0) is 18.2. The van der Waals surface area contributed by atoms with Crippen LogP contribution in [0.1, 0.15) is 39.5 Å². The molecule has 3 rings (SSSR count). The molecule has 0 spiro atoms. The van der Waals surface area contributed by atoms with Gasteiger partial charge < -0.3 is 16.4 Å². The molecule has 138 valence electrons. The van der Waals surface area contributed by atoms with E-state index in [1.165, 1.54) is 6.42 Å². The highest BCUT2D eigenvalue weighted by Gasteiger charge is 2.40. The molecule has 1 aromatic heterocycles. The summed E-state index contributed by atoms with van der Waals surface area (Å²) < 4.78 is 27.1. The number of sulfonamides is 1. The van der Waals surface area contributed by atoms with Gasteiger partial charge in [-0.15, -0.1) is 0 Å². The van der Waals surface area contributed by atoms with Gasteiger partial charge in [-0.1, -0.05) is 6.42 Å². The van der Waals surface area contributed by atoms with Crippen molar-refractivity contribution in [1.29, 1.82) is 0 Å². The lowest BCUT2D eigenvalue weighted by Crippen LogP contribution is -2.42. The summed E-state index contributed by atoms with van der Waals surface area (Å²) in [5, 5.41) is 5.70. The Balaban J connectivity index is 1.82. The molecule has 2 fully saturated rings. The Morgan fingerprint density at radius 1 is 1.32 bits per heavy atom. The molecule has 2 aliphatic carbocycles.